The number of fused-ring (bicyclic) bond motifs is 1. The minimum atomic E-state index is -0.311. The molecule has 0 aliphatic heterocycles. The molecule has 0 heterocycles. The third-order valence-corrected chi connectivity index (χ3v) is 5.60. The smallest absolute Gasteiger partial charge is 0.224 e. The van der Waals surface area contributed by atoms with Crippen molar-refractivity contribution in [2.75, 3.05) is 5.32 Å². The van der Waals surface area contributed by atoms with Crippen molar-refractivity contribution in [1.82, 2.24) is 0 Å². The van der Waals surface area contributed by atoms with E-state index in [4.69, 9.17) is 0 Å². The molecule has 0 saturated heterocycles. The second-order valence-corrected chi connectivity index (χ2v) is 8.49. The summed E-state index contributed by atoms with van der Waals surface area (Å²) in [4.78, 5) is 24.6. The maximum atomic E-state index is 12.5. The lowest BCUT2D eigenvalue weighted by Gasteiger charge is -2.13. The molecule has 2 aromatic carbocycles. The summed E-state index contributed by atoms with van der Waals surface area (Å²) in [7, 11) is 0. The fourth-order valence-electron chi connectivity index (χ4n) is 3.86. The van der Waals surface area contributed by atoms with Crippen LogP contribution in [-0.4, -0.2) is 11.7 Å². The van der Waals surface area contributed by atoms with E-state index >= 15 is 0 Å². The van der Waals surface area contributed by atoms with Gasteiger partial charge in [-0.1, -0.05) is 38.1 Å². The minimum Gasteiger partial charge on any atom is -0.326 e. The monoisotopic (exact) mass is 347 g/mol. The number of hydrogen-bond acceptors (Lipinski definition) is 2. The molecule has 134 valence electrons. The molecule has 0 radical (unpaired) electrons. The van der Waals surface area contributed by atoms with Gasteiger partial charge in [0.25, 0.3) is 0 Å². The zero-order chi connectivity index (χ0) is 18.5. The molecule has 0 atom stereocenters. The largest absolute Gasteiger partial charge is 0.326 e. The molecular formula is C23H25NO2. The lowest BCUT2D eigenvalue weighted by atomic mass is 9.89. The highest BCUT2D eigenvalue weighted by Crippen LogP contribution is 2.39. The molecule has 0 spiro atoms. The van der Waals surface area contributed by atoms with E-state index in [1.54, 1.807) is 0 Å². The van der Waals surface area contributed by atoms with Crippen molar-refractivity contribution >= 4 is 17.4 Å². The lowest BCUT2D eigenvalue weighted by Crippen LogP contribution is -2.18. The Balaban J connectivity index is 1.62. The molecule has 4 rings (SSSR count). The number of Topliss-reactive ketones (excluding diaryl/α,β-unsaturated/α-hetero) is 1. The van der Waals surface area contributed by atoms with Crippen LogP contribution in [0.1, 0.15) is 54.6 Å². The number of benzene rings is 2. The molecule has 2 aliphatic rings. The Labute approximate surface area is 154 Å². The SMILES string of the molecule is Cc1ccc(NC(=O)CC2CC2)cc1-c1ccc2c(c1)CC(C)(C)C2=O. The summed E-state index contributed by atoms with van der Waals surface area (Å²) in [6.45, 7) is 6.10. The van der Waals surface area contributed by atoms with Crippen LogP contribution in [0, 0.1) is 18.3 Å². The summed E-state index contributed by atoms with van der Waals surface area (Å²) in [5.41, 5.74) is 5.88. The number of amides is 1. The normalized spacial score (nSPS) is 17.9. The first-order valence-corrected chi connectivity index (χ1v) is 9.42. The van der Waals surface area contributed by atoms with Crippen LogP contribution in [0.3, 0.4) is 0 Å². The number of anilines is 1. The van der Waals surface area contributed by atoms with Gasteiger partial charge in [-0.3, -0.25) is 9.59 Å². The van der Waals surface area contributed by atoms with Crippen LogP contribution >= 0.6 is 0 Å². The zero-order valence-electron chi connectivity index (χ0n) is 15.7. The van der Waals surface area contributed by atoms with Gasteiger partial charge in [0, 0.05) is 23.1 Å². The Morgan fingerprint density at radius 2 is 1.88 bits per heavy atom. The van der Waals surface area contributed by atoms with Gasteiger partial charge in [0.05, 0.1) is 0 Å². The summed E-state index contributed by atoms with van der Waals surface area (Å²) >= 11 is 0. The van der Waals surface area contributed by atoms with E-state index in [2.05, 4.69) is 18.3 Å². The molecule has 0 aromatic heterocycles. The number of carbonyl (C=O) groups excluding carboxylic acids is 2. The highest BCUT2D eigenvalue weighted by molar-refractivity contribution is 6.05. The number of ketones is 1. The van der Waals surface area contributed by atoms with Gasteiger partial charge < -0.3 is 5.32 Å². The minimum absolute atomic E-state index is 0.101. The van der Waals surface area contributed by atoms with Gasteiger partial charge in [0.1, 0.15) is 0 Å². The van der Waals surface area contributed by atoms with Gasteiger partial charge in [-0.25, -0.2) is 0 Å². The average Bonchev–Trinajstić information content (AvgIpc) is 3.35. The van der Waals surface area contributed by atoms with E-state index in [0.29, 0.717) is 12.3 Å². The Hall–Kier alpha value is -2.42. The van der Waals surface area contributed by atoms with Crippen LogP contribution in [0.25, 0.3) is 11.1 Å². The summed E-state index contributed by atoms with van der Waals surface area (Å²) in [6.07, 6.45) is 3.76. The van der Waals surface area contributed by atoms with Crippen LogP contribution in [0.4, 0.5) is 5.69 Å². The topological polar surface area (TPSA) is 46.2 Å². The average molecular weight is 347 g/mol. The molecule has 26 heavy (non-hydrogen) atoms. The molecule has 3 nitrogen and oxygen atoms in total. The maximum absolute atomic E-state index is 12.5. The quantitative estimate of drug-likeness (QED) is 0.830. The van der Waals surface area contributed by atoms with Gasteiger partial charge >= 0.3 is 0 Å². The van der Waals surface area contributed by atoms with Crippen LogP contribution in [0.2, 0.25) is 0 Å². The molecule has 0 bridgehead atoms. The Bertz CT molecular complexity index is 906. The molecular weight excluding hydrogens is 322 g/mol. The van der Waals surface area contributed by atoms with Gasteiger partial charge in [0.2, 0.25) is 5.91 Å². The lowest BCUT2D eigenvalue weighted by molar-refractivity contribution is -0.116. The third-order valence-electron chi connectivity index (χ3n) is 5.60. The van der Waals surface area contributed by atoms with Gasteiger partial charge in [-0.05, 0) is 66.5 Å². The van der Waals surface area contributed by atoms with E-state index in [1.807, 2.05) is 44.2 Å². The number of rotatable bonds is 4. The maximum Gasteiger partial charge on any atom is 0.224 e. The van der Waals surface area contributed by atoms with Crippen molar-refractivity contribution in [3.63, 3.8) is 0 Å². The van der Waals surface area contributed by atoms with Crippen molar-refractivity contribution in [2.45, 2.75) is 46.5 Å². The number of aryl methyl sites for hydroxylation is 1. The molecule has 2 aliphatic carbocycles. The predicted octanol–water partition coefficient (Wildman–Crippen LogP) is 5.17. The second kappa shape index (κ2) is 6.08. The fraction of sp³-hybridized carbons (Fsp3) is 0.391. The molecule has 3 heteroatoms. The van der Waals surface area contributed by atoms with Gasteiger partial charge in [-0.15, -0.1) is 0 Å². The first-order chi connectivity index (χ1) is 12.3. The Morgan fingerprint density at radius 3 is 2.62 bits per heavy atom. The highest BCUT2D eigenvalue weighted by atomic mass is 16.1. The van der Waals surface area contributed by atoms with E-state index in [0.717, 1.165) is 39.9 Å². The van der Waals surface area contributed by atoms with E-state index in [1.165, 1.54) is 12.8 Å². The predicted molar refractivity (Wildman–Crippen MR) is 104 cm³/mol. The van der Waals surface area contributed by atoms with Crippen molar-refractivity contribution in [1.29, 1.82) is 0 Å². The van der Waals surface area contributed by atoms with Crippen LogP contribution in [0.5, 0.6) is 0 Å². The van der Waals surface area contributed by atoms with E-state index in [9.17, 15) is 9.59 Å². The van der Waals surface area contributed by atoms with E-state index in [-0.39, 0.29) is 17.1 Å². The first-order valence-electron chi connectivity index (χ1n) is 9.42. The van der Waals surface area contributed by atoms with Crippen LogP contribution in [-0.2, 0) is 11.2 Å². The molecule has 1 saturated carbocycles. The third kappa shape index (κ3) is 3.18. The first kappa shape index (κ1) is 17.0. The van der Waals surface area contributed by atoms with Gasteiger partial charge in [-0.2, -0.15) is 0 Å². The highest BCUT2D eigenvalue weighted by Gasteiger charge is 2.37. The van der Waals surface area contributed by atoms with Crippen molar-refractivity contribution in [3.05, 3.63) is 53.1 Å². The molecule has 1 N–H and O–H groups in total. The Morgan fingerprint density at radius 1 is 1.12 bits per heavy atom. The van der Waals surface area contributed by atoms with Crippen LogP contribution < -0.4 is 5.32 Å². The van der Waals surface area contributed by atoms with Crippen molar-refractivity contribution in [3.8, 4) is 11.1 Å². The van der Waals surface area contributed by atoms with E-state index < -0.39 is 0 Å². The van der Waals surface area contributed by atoms with Crippen molar-refractivity contribution < 1.29 is 9.59 Å². The second-order valence-electron chi connectivity index (χ2n) is 8.49. The van der Waals surface area contributed by atoms with Crippen molar-refractivity contribution in [2.24, 2.45) is 11.3 Å². The molecule has 1 fully saturated rings. The summed E-state index contributed by atoms with van der Waals surface area (Å²) in [5.74, 6) is 0.915. The molecule has 2 aromatic rings. The summed E-state index contributed by atoms with van der Waals surface area (Å²) < 4.78 is 0. The number of carbonyl (C=O) groups is 2. The molecule has 1 amide bonds. The fourth-order valence-corrected chi connectivity index (χ4v) is 3.86. The number of nitrogens with one attached hydrogen (secondary N) is 1. The van der Waals surface area contributed by atoms with Gasteiger partial charge in [0.15, 0.2) is 5.78 Å². The number of hydrogen-bond donors (Lipinski definition) is 1. The summed E-state index contributed by atoms with van der Waals surface area (Å²) in [6, 6.07) is 12.2. The zero-order valence-corrected chi connectivity index (χ0v) is 15.7. The standard InChI is InChI=1S/C23H25NO2/c1-14-4-8-18(24-21(25)10-15-5-6-15)12-20(14)16-7-9-19-17(11-16)13-23(2,3)22(19)26/h4,7-9,11-12,15H,5-6,10,13H2,1-3H3,(H,24,25). The van der Waals surface area contributed by atoms with Crippen LogP contribution in [0.15, 0.2) is 36.4 Å². The Kier molecular flexibility index (Phi) is 3.98. The summed E-state index contributed by atoms with van der Waals surface area (Å²) in [5, 5.41) is 3.03. The molecule has 0 unspecified atom stereocenters.